The molecule has 0 saturated heterocycles. The maximum absolute atomic E-state index is 12.2. The fourth-order valence-corrected chi connectivity index (χ4v) is 2.80. The number of amides is 1. The van der Waals surface area contributed by atoms with Gasteiger partial charge in [-0.1, -0.05) is 42.5 Å². The first-order valence-corrected chi connectivity index (χ1v) is 9.98. The highest BCUT2D eigenvalue weighted by Gasteiger charge is 2.10. The predicted octanol–water partition coefficient (Wildman–Crippen LogP) is 3.80. The fraction of sp³-hybridized carbons (Fsp3) is 0.200. The maximum atomic E-state index is 12.2. The summed E-state index contributed by atoms with van der Waals surface area (Å²) in [5, 5.41) is 2.75. The molecule has 0 unspecified atom stereocenters. The van der Waals surface area contributed by atoms with Crippen LogP contribution < -0.4 is 15.0 Å². The third-order valence-electron chi connectivity index (χ3n) is 4.62. The van der Waals surface area contributed by atoms with E-state index >= 15 is 0 Å². The van der Waals surface area contributed by atoms with E-state index in [2.05, 4.69) is 5.32 Å². The van der Waals surface area contributed by atoms with Gasteiger partial charge in [-0.2, -0.15) is 0 Å². The van der Waals surface area contributed by atoms with E-state index in [0.717, 1.165) is 22.6 Å². The van der Waals surface area contributed by atoms with Crippen LogP contribution >= 0.6 is 0 Å². The Morgan fingerprint density at radius 3 is 2.13 bits per heavy atom. The van der Waals surface area contributed by atoms with E-state index in [0.29, 0.717) is 18.7 Å². The summed E-state index contributed by atoms with van der Waals surface area (Å²) in [6.07, 6.45) is 0. The Morgan fingerprint density at radius 2 is 1.48 bits per heavy atom. The van der Waals surface area contributed by atoms with Gasteiger partial charge in [-0.25, -0.2) is 4.79 Å². The maximum Gasteiger partial charge on any atom is 0.338 e. The van der Waals surface area contributed by atoms with Crippen LogP contribution in [0.25, 0.3) is 0 Å². The average molecular weight is 418 g/mol. The highest BCUT2D eigenvalue weighted by atomic mass is 16.5. The molecule has 3 aromatic carbocycles. The van der Waals surface area contributed by atoms with Crippen molar-refractivity contribution >= 4 is 17.6 Å². The number of para-hydroxylation sites is 1. The number of nitrogens with zero attached hydrogens (tertiary/aromatic N) is 1. The van der Waals surface area contributed by atoms with E-state index in [1.807, 2.05) is 73.6 Å². The minimum atomic E-state index is -0.541. The van der Waals surface area contributed by atoms with Gasteiger partial charge in [-0.15, -0.1) is 0 Å². The minimum Gasteiger partial charge on any atom is -0.489 e. The first kappa shape index (κ1) is 21.9. The smallest absolute Gasteiger partial charge is 0.338 e. The zero-order valence-corrected chi connectivity index (χ0v) is 17.7. The van der Waals surface area contributed by atoms with Gasteiger partial charge in [0.1, 0.15) is 12.4 Å². The summed E-state index contributed by atoms with van der Waals surface area (Å²) in [4.78, 5) is 26.2. The van der Waals surface area contributed by atoms with Crippen molar-refractivity contribution in [3.63, 3.8) is 0 Å². The molecule has 0 saturated carbocycles. The summed E-state index contributed by atoms with van der Waals surface area (Å²) >= 11 is 0. The Morgan fingerprint density at radius 1 is 0.839 bits per heavy atom. The normalized spacial score (nSPS) is 10.3. The van der Waals surface area contributed by atoms with Crippen LogP contribution in [0.1, 0.15) is 21.5 Å². The molecule has 0 aliphatic carbocycles. The summed E-state index contributed by atoms with van der Waals surface area (Å²) in [7, 11) is 3.94. The summed E-state index contributed by atoms with van der Waals surface area (Å²) in [5.41, 5.74) is 3.37. The molecule has 160 valence electrons. The molecular weight excluding hydrogens is 392 g/mol. The summed E-state index contributed by atoms with van der Waals surface area (Å²) < 4.78 is 10.8. The van der Waals surface area contributed by atoms with Gasteiger partial charge in [0.25, 0.3) is 5.91 Å². The molecule has 31 heavy (non-hydrogen) atoms. The number of carbonyl (C=O) groups excluding carboxylic acids is 2. The molecule has 0 bridgehead atoms. The van der Waals surface area contributed by atoms with Crippen molar-refractivity contribution in [3.05, 3.63) is 95.6 Å². The predicted molar refractivity (Wildman–Crippen MR) is 120 cm³/mol. The third-order valence-corrected chi connectivity index (χ3v) is 4.62. The van der Waals surface area contributed by atoms with Gasteiger partial charge >= 0.3 is 5.97 Å². The van der Waals surface area contributed by atoms with E-state index in [1.54, 1.807) is 24.3 Å². The van der Waals surface area contributed by atoms with Gasteiger partial charge in [-0.05, 0) is 47.5 Å². The molecule has 0 spiro atoms. The van der Waals surface area contributed by atoms with Crippen LogP contribution in [-0.4, -0.2) is 32.6 Å². The second kappa shape index (κ2) is 10.8. The number of benzene rings is 3. The second-order valence-corrected chi connectivity index (χ2v) is 7.21. The van der Waals surface area contributed by atoms with Crippen LogP contribution in [0.5, 0.6) is 5.75 Å². The quantitative estimate of drug-likeness (QED) is 0.536. The van der Waals surface area contributed by atoms with E-state index in [1.165, 1.54) is 0 Å². The van der Waals surface area contributed by atoms with Crippen molar-refractivity contribution in [2.45, 2.75) is 13.2 Å². The Balaban J connectivity index is 1.40. The van der Waals surface area contributed by atoms with Crippen molar-refractivity contribution in [2.75, 3.05) is 25.6 Å². The number of anilines is 1. The van der Waals surface area contributed by atoms with E-state index < -0.39 is 5.97 Å². The molecule has 6 nitrogen and oxygen atoms in total. The van der Waals surface area contributed by atoms with Gasteiger partial charge in [0.2, 0.25) is 0 Å². The molecule has 0 fully saturated rings. The molecule has 1 amide bonds. The first-order chi connectivity index (χ1) is 15.0. The highest BCUT2D eigenvalue weighted by molar-refractivity contribution is 5.91. The lowest BCUT2D eigenvalue weighted by Crippen LogP contribution is -2.28. The van der Waals surface area contributed by atoms with Crippen LogP contribution in [0.3, 0.4) is 0 Å². The molecule has 6 heteroatoms. The summed E-state index contributed by atoms with van der Waals surface area (Å²) in [6.45, 7) is 0.449. The molecule has 0 aliphatic heterocycles. The standard InChI is InChI=1S/C25H26N2O4/c1-27(2)22-14-10-19(11-15-22)16-26-24(28)18-31-25(29)21-12-8-20(9-13-21)17-30-23-6-4-3-5-7-23/h3-15H,16-18H2,1-2H3,(H,26,28). The number of carbonyl (C=O) groups is 2. The molecule has 1 N–H and O–H groups in total. The number of hydrogen-bond donors (Lipinski definition) is 1. The number of rotatable bonds is 9. The van der Waals surface area contributed by atoms with Gasteiger partial charge in [0, 0.05) is 26.3 Å². The SMILES string of the molecule is CN(C)c1ccc(CNC(=O)COC(=O)c2ccc(COc3ccccc3)cc2)cc1. The van der Waals surface area contributed by atoms with Gasteiger partial charge in [-0.3, -0.25) is 4.79 Å². The Kier molecular flexibility index (Phi) is 7.65. The molecule has 0 aromatic heterocycles. The average Bonchev–Trinajstić information content (AvgIpc) is 2.81. The molecule has 0 radical (unpaired) electrons. The lowest BCUT2D eigenvalue weighted by atomic mass is 10.1. The first-order valence-electron chi connectivity index (χ1n) is 9.98. The Bertz CT molecular complexity index is 984. The number of esters is 1. The molecule has 0 heterocycles. The van der Waals surface area contributed by atoms with E-state index in [4.69, 9.17) is 9.47 Å². The summed E-state index contributed by atoms with van der Waals surface area (Å²) in [5.74, 6) is -0.107. The monoisotopic (exact) mass is 418 g/mol. The Hall–Kier alpha value is -3.80. The Labute approximate surface area is 182 Å². The fourth-order valence-electron chi connectivity index (χ4n) is 2.80. The van der Waals surface area contributed by atoms with Crippen LogP contribution in [-0.2, 0) is 22.7 Å². The van der Waals surface area contributed by atoms with E-state index in [-0.39, 0.29) is 12.5 Å². The molecule has 0 aliphatic rings. The van der Waals surface area contributed by atoms with Crippen molar-refractivity contribution in [1.82, 2.24) is 5.32 Å². The van der Waals surface area contributed by atoms with Gasteiger partial charge < -0.3 is 19.7 Å². The topological polar surface area (TPSA) is 67.9 Å². The third kappa shape index (κ3) is 6.89. The highest BCUT2D eigenvalue weighted by Crippen LogP contribution is 2.13. The number of hydrogen-bond acceptors (Lipinski definition) is 5. The van der Waals surface area contributed by atoms with Gasteiger partial charge in [0.15, 0.2) is 6.61 Å². The largest absolute Gasteiger partial charge is 0.489 e. The van der Waals surface area contributed by atoms with Crippen LogP contribution in [0.2, 0.25) is 0 Å². The van der Waals surface area contributed by atoms with Crippen LogP contribution in [0.4, 0.5) is 5.69 Å². The van der Waals surface area contributed by atoms with E-state index in [9.17, 15) is 9.59 Å². The number of ether oxygens (including phenoxy) is 2. The lowest BCUT2D eigenvalue weighted by Gasteiger charge is -2.13. The van der Waals surface area contributed by atoms with Crippen molar-refractivity contribution in [1.29, 1.82) is 0 Å². The number of nitrogens with one attached hydrogen (secondary N) is 1. The van der Waals surface area contributed by atoms with Crippen molar-refractivity contribution < 1.29 is 19.1 Å². The molecule has 3 aromatic rings. The van der Waals surface area contributed by atoms with Crippen molar-refractivity contribution in [2.24, 2.45) is 0 Å². The van der Waals surface area contributed by atoms with Crippen LogP contribution in [0, 0.1) is 0 Å². The zero-order valence-electron chi connectivity index (χ0n) is 17.7. The second-order valence-electron chi connectivity index (χ2n) is 7.21. The lowest BCUT2D eigenvalue weighted by molar-refractivity contribution is -0.124. The molecular formula is C25H26N2O4. The zero-order chi connectivity index (χ0) is 22.1. The summed E-state index contributed by atoms with van der Waals surface area (Å²) in [6, 6.07) is 24.3. The van der Waals surface area contributed by atoms with Crippen molar-refractivity contribution in [3.8, 4) is 5.75 Å². The molecule has 0 atom stereocenters. The van der Waals surface area contributed by atoms with Gasteiger partial charge in [0.05, 0.1) is 5.56 Å². The van der Waals surface area contributed by atoms with Crippen LogP contribution in [0.15, 0.2) is 78.9 Å². The minimum absolute atomic E-state index is 0.326. The molecule has 3 rings (SSSR count).